The fourth-order valence-corrected chi connectivity index (χ4v) is 2.63. The van der Waals surface area contributed by atoms with Crippen LogP contribution in [0.25, 0.3) is 11.0 Å². The standard InChI is InChI=1S/C13H15ClFN3/c1-8-4-5-18(7-10(8)14)13-16-11-3-2-9(15)6-12(11)17-13/h2-3,6,8,10H,4-5,7H2,1H3,(H,16,17). The van der Waals surface area contributed by atoms with Gasteiger partial charge in [0.15, 0.2) is 0 Å². The van der Waals surface area contributed by atoms with Crippen molar-refractivity contribution >= 4 is 28.6 Å². The summed E-state index contributed by atoms with van der Waals surface area (Å²) in [6, 6.07) is 4.58. The lowest BCUT2D eigenvalue weighted by atomic mass is 9.99. The van der Waals surface area contributed by atoms with Crippen LogP contribution < -0.4 is 4.90 Å². The largest absolute Gasteiger partial charge is 0.341 e. The van der Waals surface area contributed by atoms with Crippen molar-refractivity contribution in [3.63, 3.8) is 0 Å². The minimum Gasteiger partial charge on any atom is -0.341 e. The van der Waals surface area contributed by atoms with Gasteiger partial charge in [-0.2, -0.15) is 0 Å². The Morgan fingerprint density at radius 2 is 2.33 bits per heavy atom. The molecule has 1 aromatic carbocycles. The number of imidazole rings is 1. The molecule has 2 aromatic rings. The van der Waals surface area contributed by atoms with Gasteiger partial charge in [-0.25, -0.2) is 9.37 Å². The average Bonchev–Trinajstić information content (AvgIpc) is 2.75. The van der Waals surface area contributed by atoms with Crippen molar-refractivity contribution in [2.75, 3.05) is 18.0 Å². The van der Waals surface area contributed by atoms with Gasteiger partial charge in [0.1, 0.15) is 5.82 Å². The fourth-order valence-electron chi connectivity index (χ4n) is 2.33. The molecular formula is C13H15ClFN3. The molecule has 3 nitrogen and oxygen atoms in total. The zero-order chi connectivity index (χ0) is 12.7. The van der Waals surface area contributed by atoms with Gasteiger partial charge in [-0.15, -0.1) is 11.6 Å². The van der Waals surface area contributed by atoms with E-state index in [4.69, 9.17) is 11.6 Å². The lowest BCUT2D eigenvalue weighted by Crippen LogP contribution is -2.40. The maximum absolute atomic E-state index is 13.1. The maximum Gasteiger partial charge on any atom is 0.203 e. The van der Waals surface area contributed by atoms with Crippen molar-refractivity contribution < 1.29 is 4.39 Å². The van der Waals surface area contributed by atoms with Crippen LogP contribution in [-0.2, 0) is 0 Å². The molecule has 1 fully saturated rings. The monoisotopic (exact) mass is 267 g/mol. The highest BCUT2D eigenvalue weighted by Crippen LogP contribution is 2.26. The molecule has 0 aliphatic carbocycles. The molecule has 2 atom stereocenters. The predicted octanol–water partition coefficient (Wildman–Crippen LogP) is 3.16. The average molecular weight is 268 g/mol. The highest BCUT2D eigenvalue weighted by Gasteiger charge is 2.26. The molecule has 1 aliphatic rings. The van der Waals surface area contributed by atoms with E-state index in [0.717, 1.165) is 36.5 Å². The molecule has 0 amide bonds. The van der Waals surface area contributed by atoms with Crippen molar-refractivity contribution in [2.24, 2.45) is 5.92 Å². The molecule has 1 aromatic heterocycles. The van der Waals surface area contributed by atoms with E-state index in [1.54, 1.807) is 6.07 Å². The summed E-state index contributed by atoms with van der Waals surface area (Å²) < 4.78 is 13.1. The van der Waals surface area contributed by atoms with Crippen molar-refractivity contribution in [3.8, 4) is 0 Å². The van der Waals surface area contributed by atoms with E-state index in [9.17, 15) is 4.39 Å². The van der Waals surface area contributed by atoms with E-state index < -0.39 is 0 Å². The van der Waals surface area contributed by atoms with Crippen molar-refractivity contribution in [1.29, 1.82) is 0 Å². The topological polar surface area (TPSA) is 31.9 Å². The summed E-state index contributed by atoms with van der Waals surface area (Å²) in [7, 11) is 0. The lowest BCUT2D eigenvalue weighted by Gasteiger charge is -2.33. The molecule has 1 saturated heterocycles. The van der Waals surface area contributed by atoms with Gasteiger partial charge in [0, 0.05) is 13.1 Å². The zero-order valence-electron chi connectivity index (χ0n) is 10.2. The van der Waals surface area contributed by atoms with E-state index in [2.05, 4.69) is 21.8 Å². The van der Waals surface area contributed by atoms with Gasteiger partial charge in [0.25, 0.3) is 0 Å². The first kappa shape index (κ1) is 11.8. The highest BCUT2D eigenvalue weighted by molar-refractivity contribution is 6.21. The Morgan fingerprint density at radius 1 is 1.50 bits per heavy atom. The minimum absolute atomic E-state index is 0.142. The Kier molecular flexibility index (Phi) is 2.90. The van der Waals surface area contributed by atoms with Gasteiger partial charge in [0.05, 0.1) is 16.4 Å². The number of aromatic nitrogens is 2. The number of benzene rings is 1. The predicted molar refractivity (Wildman–Crippen MR) is 71.7 cm³/mol. The van der Waals surface area contributed by atoms with Crippen LogP contribution in [0, 0.1) is 11.7 Å². The number of anilines is 1. The number of fused-ring (bicyclic) bond motifs is 1. The SMILES string of the molecule is CC1CCN(c2nc3ccc(F)cc3[nH]2)CC1Cl. The number of rotatable bonds is 1. The van der Waals surface area contributed by atoms with Gasteiger partial charge >= 0.3 is 0 Å². The number of nitrogens with one attached hydrogen (secondary N) is 1. The van der Waals surface area contributed by atoms with Gasteiger partial charge in [-0.05, 0) is 30.5 Å². The molecule has 0 bridgehead atoms. The number of alkyl halides is 1. The molecule has 2 heterocycles. The van der Waals surface area contributed by atoms with Crippen LogP contribution in [0.5, 0.6) is 0 Å². The summed E-state index contributed by atoms with van der Waals surface area (Å²) in [5, 5.41) is 0.142. The quantitative estimate of drug-likeness (QED) is 0.805. The van der Waals surface area contributed by atoms with Gasteiger partial charge < -0.3 is 9.88 Å². The zero-order valence-corrected chi connectivity index (χ0v) is 10.9. The first-order valence-electron chi connectivity index (χ1n) is 6.18. The fraction of sp³-hybridized carbons (Fsp3) is 0.462. The molecule has 0 saturated carbocycles. The minimum atomic E-state index is -0.250. The summed E-state index contributed by atoms with van der Waals surface area (Å²) in [6.45, 7) is 3.89. The van der Waals surface area contributed by atoms with Crippen LogP contribution in [0.2, 0.25) is 0 Å². The third kappa shape index (κ3) is 2.05. The Labute approximate surface area is 110 Å². The number of aromatic amines is 1. The van der Waals surface area contributed by atoms with Crippen LogP contribution in [0.1, 0.15) is 13.3 Å². The first-order chi connectivity index (χ1) is 8.63. The van der Waals surface area contributed by atoms with Crippen LogP contribution in [0.15, 0.2) is 18.2 Å². The second-order valence-corrected chi connectivity index (χ2v) is 5.51. The van der Waals surface area contributed by atoms with Crippen LogP contribution >= 0.6 is 11.6 Å². The number of halogens is 2. The number of nitrogens with zero attached hydrogens (tertiary/aromatic N) is 2. The highest BCUT2D eigenvalue weighted by atomic mass is 35.5. The van der Waals surface area contributed by atoms with Crippen molar-refractivity contribution in [2.45, 2.75) is 18.7 Å². The van der Waals surface area contributed by atoms with E-state index in [-0.39, 0.29) is 11.2 Å². The summed E-state index contributed by atoms with van der Waals surface area (Å²) in [5.41, 5.74) is 1.52. The first-order valence-corrected chi connectivity index (χ1v) is 6.61. The second kappa shape index (κ2) is 4.43. The van der Waals surface area contributed by atoms with Crippen molar-refractivity contribution in [1.82, 2.24) is 9.97 Å². The lowest BCUT2D eigenvalue weighted by molar-refractivity contribution is 0.442. The van der Waals surface area contributed by atoms with Crippen LogP contribution in [-0.4, -0.2) is 28.4 Å². The van der Waals surface area contributed by atoms with E-state index >= 15 is 0 Å². The Balaban J connectivity index is 1.90. The van der Waals surface area contributed by atoms with E-state index in [1.165, 1.54) is 12.1 Å². The maximum atomic E-state index is 13.1. The molecule has 18 heavy (non-hydrogen) atoms. The van der Waals surface area contributed by atoms with Gasteiger partial charge in [-0.1, -0.05) is 6.92 Å². The van der Waals surface area contributed by atoms with E-state index in [1.807, 2.05) is 0 Å². The van der Waals surface area contributed by atoms with Gasteiger partial charge in [0.2, 0.25) is 5.95 Å². The van der Waals surface area contributed by atoms with E-state index in [0.29, 0.717) is 5.92 Å². The number of H-pyrrole nitrogens is 1. The number of hydrogen-bond donors (Lipinski definition) is 1. The molecule has 1 N–H and O–H groups in total. The molecular weight excluding hydrogens is 253 g/mol. The van der Waals surface area contributed by atoms with Crippen LogP contribution in [0.3, 0.4) is 0 Å². The molecule has 1 aliphatic heterocycles. The smallest absolute Gasteiger partial charge is 0.203 e. The second-order valence-electron chi connectivity index (χ2n) is 4.95. The molecule has 3 rings (SSSR count). The molecule has 5 heteroatoms. The summed E-state index contributed by atoms with van der Waals surface area (Å²) >= 11 is 6.29. The van der Waals surface area contributed by atoms with Crippen molar-refractivity contribution in [3.05, 3.63) is 24.0 Å². The van der Waals surface area contributed by atoms with Gasteiger partial charge in [-0.3, -0.25) is 0 Å². The third-order valence-corrected chi connectivity index (χ3v) is 4.17. The molecule has 0 spiro atoms. The summed E-state index contributed by atoms with van der Waals surface area (Å²) in [5.74, 6) is 1.07. The Morgan fingerprint density at radius 3 is 3.11 bits per heavy atom. The number of piperidine rings is 1. The molecule has 2 unspecified atom stereocenters. The third-order valence-electron chi connectivity index (χ3n) is 3.60. The van der Waals surface area contributed by atoms with Crippen LogP contribution in [0.4, 0.5) is 10.3 Å². The number of hydrogen-bond acceptors (Lipinski definition) is 2. The molecule has 96 valence electrons. The summed E-state index contributed by atoms with van der Waals surface area (Å²) in [4.78, 5) is 9.77. The Bertz CT molecular complexity index is 568. The summed E-state index contributed by atoms with van der Waals surface area (Å²) in [6.07, 6.45) is 1.06. The molecule has 0 radical (unpaired) electrons. The normalized spacial score (nSPS) is 24.7. The Hall–Kier alpha value is -1.29.